The van der Waals surface area contributed by atoms with Gasteiger partial charge in [0.25, 0.3) is 0 Å². The highest BCUT2D eigenvalue weighted by Crippen LogP contribution is 2.21. The third kappa shape index (κ3) is 4.65. The number of hydrogen-bond donors (Lipinski definition) is 1. The Morgan fingerprint density at radius 1 is 1.35 bits per heavy atom. The predicted molar refractivity (Wildman–Crippen MR) is 108 cm³/mol. The minimum absolute atomic E-state index is 0.459. The van der Waals surface area contributed by atoms with Crippen molar-refractivity contribution >= 4 is 5.96 Å². The van der Waals surface area contributed by atoms with Crippen molar-refractivity contribution in [3.8, 4) is 0 Å². The molecule has 0 radical (unpaired) electrons. The predicted octanol–water partition coefficient (Wildman–Crippen LogP) is 2.97. The summed E-state index contributed by atoms with van der Waals surface area (Å²) in [5.41, 5.74) is 4.01. The zero-order chi connectivity index (χ0) is 18.5. The fraction of sp³-hybridized carbons (Fsp3) is 0.524. The number of rotatable bonds is 5. The monoisotopic (exact) mass is 353 g/mol. The maximum atomic E-state index is 4.51. The molecule has 1 aromatic heterocycles. The van der Waals surface area contributed by atoms with Crippen molar-refractivity contribution < 1.29 is 0 Å². The van der Waals surface area contributed by atoms with Gasteiger partial charge in [0, 0.05) is 39.9 Å². The number of nitrogens with zero attached hydrogens (tertiary/aromatic N) is 4. The van der Waals surface area contributed by atoms with Gasteiger partial charge >= 0.3 is 0 Å². The zero-order valence-corrected chi connectivity index (χ0v) is 16.4. The number of nitrogens with one attached hydrogen (secondary N) is 1. The fourth-order valence-corrected chi connectivity index (χ4v) is 3.69. The molecule has 2 atom stereocenters. The van der Waals surface area contributed by atoms with E-state index in [4.69, 9.17) is 0 Å². The van der Waals surface area contributed by atoms with Crippen LogP contribution in [0.25, 0.3) is 0 Å². The van der Waals surface area contributed by atoms with Gasteiger partial charge in [0.1, 0.15) is 0 Å². The third-order valence-electron chi connectivity index (χ3n) is 5.29. The molecule has 5 heteroatoms. The molecule has 1 aliphatic heterocycles. The fourth-order valence-electron chi connectivity index (χ4n) is 3.69. The first-order chi connectivity index (χ1) is 12.5. The van der Waals surface area contributed by atoms with E-state index < -0.39 is 0 Å². The second kappa shape index (κ2) is 8.39. The lowest BCUT2D eigenvalue weighted by Gasteiger charge is -2.23. The summed E-state index contributed by atoms with van der Waals surface area (Å²) in [6, 6.07) is 8.82. The molecule has 0 saturated carbocycles. The Kier molecular flexibility index (Phi) is 5.96. The molecule has 2 heterocycles. The molecule has 3 rings (SSSR count). The van der Waals surface area contributed by atoms with E-state index in [0.717, 1.165) is 32.0 Å². The Bertz CT molecular complexity index is 731. The summed E-state index contributed by atoms with van der Waals surface area (Å²) < 4.78 is 1.88. The van der Waals surface area contributed by atoms with Crippen molar-refractivity contribution in [1.82, 2.24) is 20.0 Å². The maximum absolute atomic E-state index is 4.51. The van der Waals surface area contributed by atoms with Crippen LogP contribution in [0.4, 0.5) is 0 Å². The summed E-state index contributed by atoms with van der Waals surface area (Å²) in [4.78, 5) is 6.90. The van der Waals surface area contributed by atoms with Crippen molar-refractivity contribution in [2.45, 2.75) is 32.6 Å². The largest absolute Gasteiger partial charge is 0.356 e. The normalized spacial score (nSPS) is 19.0. The van der Waals surface area contributed by atoms with Gasteiger partial charge < -0.3 is 10.2 Å². The average molecular weight is 354 g/mol. The Morgan fingerprint density at radius 3 is 2.77 bits per heavy atom. The van der Waals surface area contributed by atoms with Gasteiger partial charge in [-0.1, -0.05) is 36.8 Å². The van der Waals surface area contributed by atoms with Crippen LogP contribution in [-0.2, 0) is 13.5 Å². The Balaban J connectivity index is 1.50. The highest BCUT2D eigenvalue weighted by molar-refractivity contribution is 5.80. The van der Waals surface area contributed by atoms with Crippen LogP contribution in [0.1, 0.15) is 36.0 Å². The summed E-state index contributed by atoms with van der Waals surface area (Å²) >= 11 is 0. The van der Waals surface area contributed by atoms with E-state index in [-0.39, 0.29) is 0 Å². The number of aliphatic imine (C=N–C) groups is 1. The molecule has 0 aliphatic carbocycles. The van der Waals surface area contributed by atoms with Gasteiger partial charge in [0.05, 0.1) is 6.20 Å². The molecule has 1 saturated heterocycles. The van der Waals surface area contributed by atoms with Crippen LogP contribution in [0.15, 0.2) is 41.7 Å². The maximum Gasteiger partial charge on any atom is 0.193 e. The third-order valence-corrected chi connectivity index (χ3v) is 5.29. The quantitative estimate of drug-likeness (QED) is 0.664. The highest BCUT2D eigenvalue weighted by Gasteiger charge is 2.25. The SMILES string of the molecule is CN=C(NCC(C)c1ccc(C)cc1)N1CCC(Cc2cnn(C)c2)C1. The summed E-state index contributed by atoms with van der Waals surface area (Å²) in [5, 5.41) is 7.85. The van der Waals surface area contributed by atoms with Gasteiger partial charge in [-0.25, -0.2) is 0 Å². The van der Waals surface area contributed by atoms with E-state index in [1.54, 1.807) is 0 Å². The van der Waals surface area contributed by atoms with Gasteiger partial charge in [-0.2, -0.15) is 5.10 Å². The van der Waals surface area contributed by atoms with Crippen molar-refractivity contribution in [2.24, 2.45) is 18.0 Å². The second-order valence-electron chi connectivity index (χ2n) is 7.57. The highest BCUT2D eigenvalue weighted by atomic mass is 15.3. The molecule has 0 amide bonds. The van der Waals surface area contributed by atoms with Crippen molar-refractivity contribution in [3.63, 3.8) is 0 Å². The number of likely N-dealkylation sites (tertiary alicyclic amines) is 1. The molecule has 5 nitrogen and oxygen atoms in total. The average Bonchev–Trinajstić information content (AvgIpc) is 3.25. The molecule has 0 spiro atoms. The molecule has 26 heavy (non-hydrogen) atoms. The Labute approximate surface area is 157 Å². The van der Waals surface area contributed by atoms with E-state index in [1.165, 1.54) is 23.1 Å². The molecule has 2 aromatic rings. The minimum atomic E-state index is 0.459. The Hall–Kier alpha value is -2.30. The minimum Gasteiger partial charge on any atom is -0.356 e. The van der Waals surface area contributed by atoms with E-state index in [9.17, 15) is 0 Å². The van der Waals surface area contributed by atoms with Crippen LogP contribution in [0.3, 0.4) is 0 Å². The molecule has 140 valence electrons. The first kappa shape index (κ1) is 18.5. The second-order valence-corrected chi connectivity index (χ2v) is 7.57. The molecule has 1 aliphatic rings. The Morgan fingerprint density at radius 2 is 2.12 bits per heavy atom. The van der Waals surface area contributed by atoms with E-state index in [1.807, 2.05) is 25.0 Å². The number of guanidine groups is 1. The van der Waals surface area contributed by atoms with Crippen LogP contribution in [0.2, 0.25) is 0 Å². The topological polar surface area (TPSA) is 45.5 Å². The van der Waals surface area contributed by atoms with Crippen LogP contribution < -0.4 is 5.32 Å². The number of benzene rings is 1. The number of aromatic nitrogens is 2. The van der Waals surface area contributed by atoms with Crippen LogP contribution >= 0.6 is 0 Å². The van der Waals surface area contributed by atoms with Crippen molar-refractivity contribution in [1.29, 1.82) is 0 Å². The molecule has 0 bridgehead atoms. The van der Waals surface area contributed by atoms with Gasteiger partial charge in [-0.05, 0) is 42.7 Å². The molecular weight excluding hydrogens is 322 g/mol. The number of aryl methyl sites for hydroxylation is 2. The lowest BCUT2D eigenvalue weighted by atomic mass is 10.0. The van der Waals surface area contributed by atoms with Gasteiger partial charge in [-0.3, -0.25) is 9.67 Å². The lowest BCUT2D eigenvalue weighted by molar-refractivity contribution is 0.457. The number of hydrogen-bond acceptors (Lipinski definition) is 2. The molecular formula is C21H31N5. The zero-order valence-electron chi connectivity index (χ0n) is 16.4. The molecule has 1 N–H and O–H groups in total. The molecule has 1 aromatic carbocycles. The van der Waals surface area contributed by atoms with E-state index >= 15 is 0 Å². The molecule has 2 unspecified atom stereocenters. The summed E-state index contributed by atoms with van der Waals surface area (Å²) in [7, 11) is 3.86. The summed E-state index contributed by atoms with van der Waals surface area (Å²) in [6.07, 6.45) is 6.42. The summed E-state index contributed by atoms with van der Waals surface area (Å²) in [5.74, 6) is 2.16. The first-order valence-corrected chi connectivity index (χ1v) is 9.55. The van der Waals surface area contributed by atoms with Crippen molar-refractivity contribution in [3.05, 3.63) is 53.3 Å². The standard InChI is InChI=1S/C21H31N5/c1-16-5-7-20(8-6-16)17(2)12-23-21(22-3)26-10-9-18(15-26)11-19-13-24-25(4)14-19/h5-8,13-14,17-18H,9-12,15H2,1-4H3,(H,22,23). The van der Waals surface area contributed by atoms with Crippen LogP contribution in [-0.4, -0.2) is 47.3 Å². The smallest absolute Gasteiger partial charge is 0.193 e. The van der Waals surface area contributed by atoms with Crippen molar-refractivity contribution in [2.75, 3.05) is 26.7 Å². The van der Waals surface area contributed by atoms with Gasteiger partial charge in [-0.15, -0.1) is 0 Å². The van der Waals surface area contributed by atoms with Crippen LogP contribution in [0.5, 0.6) is 0 Å². The molecule has 1 fully saturated rings. The lowest BCUT2D eigenvalue weighted by Crippen LogP contribution is -2.41. The summed E-state index contributed by atoms with van der Waals surface area (Å²) in [6.45, 7) is 7.43. The first-order valence-electron chi connectivity index (χ1n) is 9.55. The van der Waals surface area contributed by atoms with Gasteiger partial charge in [0.2, 0.25) is 0 Å². The van der Waals surface area contributed by atoms with Gasteiger partial charge in [0.15, 0.2) is 5.96 Å². The van der Waals surface area contributed by atoms with E-state index in [0.29, 0.717) is 11.8 Å². The van der Waals surface area contributed by atoms with E-state index in [2.05, 4.69) is 64.6 Å². The van der Waals surface area contributed by atoms with Crippen LogP contribution in [0, 0.1) is 12.8 Å².